The van der Waals surface area contributed by atoms with Crippen molar-refractivity contribution in [1.82, 2.24) is 5.32 Å². The zero-order valence-corrected chi connectivity index (χ0v) is 9.09. The predicted molar refractivity (Wildman–Crippen MR) is 57.9 cm³/mol. The number of amides is 1. The van der Waals surface area contributed by atoms with Gasteiger partial charge in [0.05, 0.1) is 0 Å². The summed E-state index contributed by atoms with van der Waals surface area (Å²) in [6, 6.07) is 0.486. The molecule has 0 aromatic heterocycles. The lowest BCUT2D eigenvalue weighted by atomic mass is 10.2. The van der Waals surface area contributed by atoms with E-state index in [1.54, 1.807) is 0 Å². The molecule has 0 aromatic rings. The molecule has 1 aliphatic rings. The molecule has 2 atom stereocenters. The monoisotopic (exact) mass is 198 g/mol. The Morgan fingerprint density at radius 2 is 2.29 bits per heavy atom. The Kier molecular flexibility index (Phi) is 4.94. The van der Waals surface area contributed by atoms with Gasteiger partial charge in [-0.2, -0.15) is 0 Å². The van der Waals surface area contributed by atoms with Crippen LogP contribution in [-0.2, 0) is 4.79 Å². The second-order valence-corrected chi connectivity index (χ2v) is 4.20. The molecule has 0 spiro atoms. The molecule has 0 heterocycles. The summed E-state index contributed by atoms with van der Waals surface area (Å²) < 4.78 is 0. The van der Waals surface area contributed by atoms with Crippen LogP contribution in [-0.4, -0.2) is 18.5 Å². The van der Waals surface area contributed by atoms with Crippen molar-refractivity contribution in [2.24, 2.45) is 11.7 Å². The molecule has 1 rings (SSSR count). The second-order valence-electron chi connectivity index (χ2n) is 4.20. The van der Waals surface area contributed by atoms with Crippen molar-refractivity contribution in [2.45, 2.75) is 51.5 Å². The average Bonchev–Trinajstić information content (AvgIpc) is 2.85. The van der Waals surface area contributed by atoms with Gasteiger partial charge in [0, 0.05) is 12.5 Å². The molecule has 3 heteroatoms. The van der Waals surface area contributed by atoms with Crippen molar-refractivity contribution in [1.29, 1.82) is 0 Å². The normalized spacial score (nSPS) is 24.7. The first-order valence-corrected chi connectivity index (χ1v) is 5.77. The van der Waals surface area contributed by atoms with E-state index in [9.17, 15) is 4.79 Å². The summed E-state index contributed by atoms with van der Waals surface area (Å²) in [7, 11) is 0. The Balaban J connectivity index is 1.99. The summed E-state index contributed by atoms with van der Waals surface area (Å²) in [5.74, 6) is 0.973. The van der Waals surface area contributed by atoms with Crippen LogP contribution < -0.4 is 11.1 Å². The first kappa shape index (κ1) is 11.5. The van der Waals surface area contributed by atoms with Gasteiger partial charge in [-0.1, -0.05) is 13.3 Å². The highest BCUT2D eigenvalue weighted by Crippen LogP contribution is 2.34. The van der Waals surface area contributed by atoms with Crippen LogP contribution in [0.3, 0.4) is 0 Å². The van der Waals surface area contributed by atoms with Crippen LogP contribution in [0.5, 0.6) is 0 Å². The minimum atomic E-state index is 0.210. The second kappa shape index (κ2) is 6.02. The van der Waals surface area contributed by atoms with Crippen molar-refractivity contribution >= 4 is 5.91 Å². The molecule has 0 aliphatic heterocycles. The minimum Gasteiger partial charge on any atom is -0.353 e. The average molecular weight is 198 g/mol. The van der Waals surface area contributed by atoms with Gasteiger partial charge in [-0.25, -0.2) is 0 Å². The van der Waals surface area contributed by atoms with Crippen molar-refractivity contribution < 1.29 is 4.79 Å². The van der Waals surface area contributed by atoms with Gasteiger partial charge in [-0.3, -0.25) is 4.79 Å². The maximum absolute atomic E-state index is 11.4. The van der Waals surface area contributed by atoms with Crippen molar-refractivity contribution in [3.8, 4) is 0 Å². The number of rotatable bonds is 7. The molecule has 1 saturated carbocycles. The molecule has 3 N–H and O–H groups in total. The van der Waals surface area contributed by atoms with Gasteiger partial charge in [0.1, 0.15) is 0 Å². The Hall–Kier alpha value is -0.570. The van der Waals surface area contributed by atoms with Crippen LogP contribution in [0.15, 0.2) is 0 Å². The molecule has 1 amide bonds. The van der Waals surface area contributed by atoms with E-state index in [1.165, 1.54) is 19.3 Å². The van der Waals surface area contributed by atoms with E-state index in [1.807, 2.05) is 0 Å². The fourth-order valence-electron chi connectivity index (χ4n) is 1.82. The molecule has 2 unspecified atom stereocenters. The highest BCUT2D eigenvalue weighted by atomic mass is 16.1. The molecule has 82 valence electrons. The summed E-state index contributed by atoms with van der Waals surface area (Å²) in [5.41, 5.74) is 5.36. The van der Waals surface area contributed by atoms with Gasteiger partial charge < -0.3 is 11.1 Å². The topological polar surface area (TPSA) is 55.1 Å². The Labute approximate surface area is 86.4 Å². The molecule has 1 fully saturated rings. The van der Waals surface area contributed by atoms with E-state index in [-0.39, 0.29) is 5.91 Å². The first-order valence-electron chi connectivity index (χ1n) is 5.77. The van der Waals surface area contributed by atoms with Crippen LogP contribution in [0.25, 0.3) is 0 Å². The van der Waals surface area contributed by atoms with Gasteiger partial charge in [0.25, 0.3) is 0 Å². The van der Waals surface area contributed by atoms with Crippen LogP contribution in [0.2, 0.25) is 0 Å². The Morgan fingerprint density at radius 1 is 1.50 bits per heavy atom. The fraction of sp³-hybridized carbons (Fsp3) is 0.909. The van der Waals surface area contributed by atoms with E-state index in [4.69, 9.17) is 5.73 Å². The van der Waals surface area contributed by atoms with Gasteiger partial charge in [-0.15, -0.1) is 0 Å². The number of nitrogens with one attached hydrogen (secondary N) is 1. The van der Waals surface area contributed by atoms with Crippen LogP contribution >= 0.6 is 0 Å². The van der Waals surface area contributed by atoms with Gasteiger partial charge in [0.2, 0.25) is 5.91 Å². The summed E-state index contributed by atoms with van der Waals surface area (Å²) in [6.45, 7) is 2.88. The van der Waals surface area contributed by atoms with Gasteiger partial charge >= 0.3 is 0 Å². The molecular weight excluding hydrogens is 176 g/mol. The van der Waals surface area contributed by atoms with Crippen LogP contribution in [0, 0.1) is 5.92 Å². The van der Waals surface area contributed by atoms with E-state index < -0.39 is 0 Å². The third-order valence-electron chi connectivity index (χ3n) is 2.79. The Morgan fingerprint density at radius 3 is 2.93 bits per heavy atom. The molecule has 0 radical (unpaired) electrons. The van der Waals surface area contributed by atoms with Crippen molar-refractivity contribution in [3.05, 3.63) is 0 Å². The molecule has 14 heavy (non-hydrogen) atoms. The highest BCUT2D eigenvalue weighted by Gasteiger charge is 2.36. The number of hydrogen-bond acceptors (Lipinski definition) is 2. The van der Waals surface area contributed by atoms with Crippen molar-refractivity contribution in [2.75, 3.05) is 6.54 Å². The predicted octanol–water partition coefficient (Wildman–Crippen LogP) is 1.42. The zero-order valence-electron chi connectivity index (χ0n) is 9.09. The molecule has 3 nitrogen and oxygen atoms in total. The smallest absolute Gasteiger partial charge is 0.220 e. The van der Waals surface area contributed by atoms with Crippen LogP contribution in [0.4, 0.5) is 0 Å². The molecule has 0 aromatic carbocycles. The number of unbranched alkanes of at least 4 members (excludes halogenated alkanes) is 1. The third kappa shape index (κ3) is 4.09. The third-order valence-corrected chi connectivity index (χ3v) is 2.79. The molecule has 0 bridgehead atoms. The number of carbonyl (C=O) groups excluding carboxylic acids is 1. The van der Waals surface area contributed by atoms with Crippen molar-refractivity contribution in [3.63, 3.8) is 0 Å². The van der Waals surface area contributed by atoms with E-state index in [0.717, 1.165) is 18.8 Å². The maximum atomic E-state index is 11.4. The lowest BCUT2D eigenvalue weighted by Gasteiger charge is -2.03. The van der Waals surface area contributed by atoms with Gasteiger partial charge in [-0.05, 0) is 38.1 Å². The SMILES string of the molecule is CCCC1CC1NC(=O)CCCCN. The quantitative estimate of drug-likeness (QED) is 0.608. The molecular formula is C11H22N2O. The van der Waals surface area contributed by atoms with E-state index in [0.29, 0.717) is 19.0 Å². The molecule has 0 saturated heterocycles. The molecule has 1 aliphatic carbocycles. The maximum Gasteiger partial charge on any atom is 0.220 e. The largest absolute Gasteiger partial charge is 0.353 e. The lowest BCUT2D eigenvalue weighted by Crippen LogP contribution is -2.26. The fourth-order valence-corrected chi connectivity index (χ4v) is 1.82. The summed E-state index contributed by atoms with van der Waals surface area (Å²) in [6.07, 6.45) is 6.20. The first-order chi connectivity index (χ1) is 6.77. The van der Waals surface area contributed by atoms with E-state index >= 15 is 0 Å². The highest BCUT2D eigenvalue weighted by molar-refractivity contribution is 5.76. The summed E-state index contributed by atoms with van der Waals surface area (Å²) in [4.78, 5) is 11.4. The zero-order chi connectivity index (χ0) is 10.4. The minimum absolute atomic E-state index is 0.210. The number of carbonyl (C=O) groups is 1. The Bertz CT molecular complexity index is 182. The standard InChI is InChI=1S/C11H22N2O/c1-2-5-9-8-10(9)13-11(14)6-3-4-7-12/h9-10H,2-8,12H2,1H3,(H,13,14). The van der Waals surface area contributed by atoms with Crippen LogP contribution in [0.1, 0.15) is 45.4 Å². The number of hydrogen-bond donors (Lipinski definition) is 2. The lowest BCUT2D eigenvalue weighted by molar-refractivity contribution is -0.121. The van der Waals surface area contributed by atoms with E-state index in [2.05, 4.69) is 12.2 Å². The van der Waals surface area contributed by atoms with Gasteiger partial charge in [0.15, 0.2) is 0 Å². The summed E-state index contributed by atoms with van der Waals surface area (Å²) in [5, 5.41) is 3.07. The number of nitrogens with two attached hydrogens (primary N) is 1. The summed E-state index contributed by atoms with van der Waals surface area (Å²) >= 11 is 0.